The van der Waals surface area contributed by atoms with E-state index in [9.17, 15) is 9.82 Å². The predicted molar refractivity (Wildman–Crippen MR) is 50.4 cm³/mol. The first-order chi connectivity index (χ1) is 6.81. The van der Waals surface area contributed by atoms with Crippen LogP contribution in [0.15, 0.2) is 18.2 Å². The van der Waals surface area contributed by atoms with Crippen LogP contribution in [0.25, 0.3) is 0 Å². The molecular weight excluding hydrogens is 183 g/mol. The molecule has 0 aliphatic carbocycles. The lowest BCUT2D eigenvalue weighted by Crippen LogP contribution is -2.28. The summed E-state index contributed by atoms with van der Waals surface area (Å²) in [5.74, 6) is 0.570. The van der Waals surface area contributed by atoms with Gasteiger partial charge in [-0.25, -0.2) is 0 Å². The van der Waals surface area contributed by atoms with Crippen LogP contribution < -0.4 is 10.2 Å². The van der Waals surface area contributed by atoms with Gasteiger partial charge in [0.2, 0.25) is 0 Å². The van der Waals surface area contributed by atoms with Crippen molar-refractivity contribution in [1.29, 1.82) is 0 Å². The van der Waals surface area contributed by atoms with Gasteiger partial charge in [0.25, 0.3) is 0 Å². The molecule has 0 atom stereocenters. The number of fused-ring (bicyclic) bond motifs is 1. The molecule has 0 amide bonds. The second kappa shape index (κ2) is 3.81. The Kier molecular flexibility index (Phi) is 2.52. The zero-order valence-corrected chi connectivity index (χ0v) is 7.47. The number of carbonyl (C=O) groups is 1. The lowest BCUT2D eigenvalue weighted by Gasteiger charge is -2.04. The Bertz CT molecular complexity index is 353. The van der Waals surface area contributed by atoms with Gasteiger partial charge in [-0.2, -0.15) is 0 Å². The van der Waals surface area contributed by atoms with Gasteiger partial charge in [-0.3, -0.25) is 4.79 Å². The van der Waals surface area contributed by atoms with E-state index < -0.39 is 7.12 Å². The van der Waals surface area contributed by atoms with Crippen molar-refractivity contribution in [3.8, 4) is 5.75 Å². The van der Waals surface area contributed by atoms with Crippen LogP contribution in [0.5, 0.6) is 5.75 Å². The molecule has 1 aliphatic rings. The van der Waals surface area contributed by atoms with E-state index in [2.05, 4.69) is 0 Å². The van der Waals surface area contributed by atoms with Crippen LogP contribution in [0.2, 0.25) is 0 Å². The van der Waals surface area contributed by atoms with Crippen LogP contribution in [0.4, 0.5) is 0 Å². The molecule has 1 aromatic carbocycles. The molecule has 0 bridgehead atoms. The highest BCUT2D eigenvalue weighted by Crippen LogP contribution is 2.15. The first kappa shape index (κ1) is 9.24. The molecule has 2 rings (SSSR count). The molecule has 1 aliphatic heterocycles. The number of carbonyl (C=O) groups excluding carboxylic acids is 1. The zero-order valence-electron chi connectivity index (χ0n) is 7.47. The summed E-state index contributed by atoms with van der Waals surface area (Å²) >= 11 is 0. The van der Waals surface area contributed by atoms with Gasteiger partial charge < -0.3 is 14.4 Å². The summed E-state index contributed by atoms with van der Waals surface area (Å²) in [6, 6.07) is 5.27. The largest absolute Gasteiger partial charge is 0.491 e. The van der Waals surface area contributed by atoms with Gasteiger partial charge in [-0.15, -0.1) is 0 Å². The minimum atomic E-state index is -0.871. The number of benzene rings is 1. The second-order valence-electron chi connectivity index (χ2n) is 3.00. The third kappa shape index (κ3) is 1.64. The van der Waals surface area contributed by atoms with Crippen LogP contribution in [0.3, 0.4) is 0 Å². The fourth-order valence-electron chi connectivity index (χ4n) is 1.41. The predicted octanol–water partition coefficient (Wildman–Crippen LogP) is -0.518. The van der Waals surface area contributed by atoms with Crippen LogP contribution >= 0.6 is 0 Å². The molecule has 0 saturated carbocycles. The van der Waals surface area contributed by atoms with Crippen molar-refractivity contribution < 1.29 is 19.2 Å². The first-order valence-corrected chi connectivity index (χ1v) is 4.30. The van der Waals surface area contributed by atoms with Crippen molar-refractivity contribution in [2.24, 2.45) is 0 Å². The second-order valence-corrected chi connectivity index (χ2v) is 3.00. The molecule has 1 aromatic rings. The highest BCUT2D eigenvalue weighted by molar-refractivity contribution is 6.61. The smallest absolute Gasteiger partial charge is 0.486 e. The first-order valence-electron chi connectivity index (χ1n) is 4.30. The van der Waals surface area contributed by atoms with Gasteiger partial charge in [-0.1, -0.05) is 6.07 Å². The molecule has 0 radical (unpaired) electrons. The lowest BCUT2D eigenvalue weighted by atomic mass is 9.79. The Labute approximate surface area is 81.6 Å². The number of rotatable bonds is 3. The van der Waals surface area contributed by atoms with E-state index in [1.165, 1.54) is 0 Å². The zero-order chi connectivity index (χ0) is 9.97. The summed E-state index contributed by atoms with van der Waals surface area (Å²) in [6.07, 6.45) is 0.681. The van der Waals surface area contributed by atoms with E-state index in [-0.39, 0.29) is 6.61 Å². The van der Waals surface area contributed by atoms with Crippen LogP contribution in [-0.2, 0) is 16.1 Å². The third-order valence-electron chi connectivity index (χ3n) is 2.10. The van der Waals surface area contributed by atoms with Gasteiger partial charge in [0.05, 0.1) is 6.61 Å². The van der Waals surface area contributed by atoms with E-state index in [4.69, 9.17) is 9.39 Å². The molecule has 1 heterocycles. The summed E-state index contributed by atoms with van der Waals surface area (Å²) in [5.41, 5.74) is 1.67. The summed E-state index contributed by atoms with van der Waals surface area (Å²) < 4.78 is 10.1. The maximum atomic E-state index is 10.1. The molecule has 0 spiro atoms. The number of hydrogen-bond donors (Lipinski definition) is 1. The average molecular weight is 192 g/mol. The molecular formula is C9H9BO4. The summed E-state index contributed by atoms with van der Waals surface area (Å²) in [5, 5.41) is 9.38. The highest BCUT2D eigenvalue weighted by atomic mass is 16.5. The lowest BCUT2D eigenvalue weighted by molar-refractivity contribution is -0.109. The third-order valence-corrected chi connectivity index (χ3v) is 2.10. The maximum Gasteiger partial charge on any atom is 0.491 e. The highest BCUT2D eigenvalue weighted by Gasteiger charge is 2.27. The molecule has 0 saturated heterocycles. The van der Waals surface area contributed by atoms with Gasteiger partial charge >= 0.3 is 7.12 Å². The van der Waals surface area contributed by atoms with E-state index in [0.29, 0.717) is 24.1 Å². The molecule has 0 unspecified atom stereocenters. The number of ether oxygens (including phenoxy) is 1. The van der Waals surface area contributed by atoms with E-state index in [0.717, 1.165) is 5.56 Å². The SMILES string of the molecule is O=CCOc1ccc2c(c1)B(O)OC2. The minimum absolute atomic E-state index is 0.0236. The van der Waals surface area contributed by atoms with Crippen LogP contribution in [0, 0.1) is 0 Å². The minimum Gasteiger partial charge on any atom is -0.486 e. The molecule has 0 fully saturated rings. The molecule has 1 N–H and O–H groups in total. The summed E-state index contributed by atoms with van der Waals surface area (Å²) in [7, 11) is -0.871. The van der Waals surface area contributed by atoms with Gasteiger partial charge in [-0.05, 0) is 23.2 Å². The van der Waals surface area contributed by atoms with E-state index in [1.807, 2.05) is 6.07 Å². The van der Waals surface area contributed by atoms with Crippen molar-refractivity contribution in [3.05, 3.63) is 23.8 Å². The van der Waals surface area contributed by atoms with Crippen molar-refractivity contribution in [3.63, 3.8) is 0 Å². The Morgan fingerprint density at radius 2 is 2.50 bits per heavy atom. The van der Waals surface area contributed by atoms with E-state index in [1.54, 1.807) is 12.1 Å². The monoisotopic (exact) mass is 192 g/mol. The quantitative estimate of drug-likeness (QED) is 0.517. The maximum absolute atomic E-state index is 10.1. The number of hydrogen-bond acceptors (Lipinski definition) is 4. The Morgan fingerprint density at radius 1 is 1.64 bits per heavy atom. The average Bonchev–Trinajstić information content (AvgIpc) is 2.57. The van der Waals surface area contributed by atoms with Crippen LogP contribution in [-0.4, -0.2) is 25.0 Å². The molecule has 14 heavy (non-hydrogen) atoms. The normalized spacial score (nSPS) is 13.9. The Balaban J connectivity index is 2.21. The number of aldehydes is 1. The Hall–Kier alpha value is -1.33. The Morgan fingerprint density at radius 3 is 3.29 bits per heavy atom. The standard InChI is InChI=1S/C9H9BO4/c11-3-4-13-8-2-1-7-6-14-10(12)9(7)5-8/h1-3,5,12H,4,6H2. The molecule has 0 aromatic heterocycles. The van der Waals surface area contributed by atoms with Crippen LogP contribution in [0.1, 0.15) is 5.56 Å². The van der Waals surface area contributed by atoms with Crippen molar-refractivity contribution in [2.75, 3.05) is 6.61 Å². The van der Waals surface area contributed by atoms with Gasteiger partial charge in [0.15, 0.2) is 6.29 Å². The summed E-state index contributed by atoms with van der Waals surface area (Å²) in [4.78, 5) is 10.1. The molecule has 5 heteroatoms. The fourth-order valence-corrected chi connectivity index (χ4v) is 1.41. The fraction of sp³-hybridized carbons (Fsp3) is 0.222. The van der Waals surface area contributed by atoms with Crippen molar-refractivity contribution in [2.45, 2.75) is 6.61 Å². The van der Waals surface area contributed by atoms with Gasteiger partial charge in [0, 0.05) is 0 Å². The molecule has 72 valence electrons. The van der Waals surface area contributed by atoms with Gasteiger partial charge in [0.1, 0.15) is 12.4 Å². The van der Waals surface area contributed by atoms with Crippen molar-refractivity contribution in [1.82, 2.24) is 0 Å². The summed E-state index contributed by atoms with van der Waals surface area (Å²) in [6.45, 7) is 0.445. The molecule has 4 nitrogen and oxygen atoms in total. The topological polar surface area (TPSA) is 55.8 Å². The van der Waals surface area contributed by atoms with E-state index >= 15 is 0 Å². The van der Waals surface area contributed by atoms with Crippen molar-refractivity contribution >= 4 is 18.9 Å².